The first-order valence-electron chi connectivity index (χ1n) is 11.5. The van der Waals surface area contributed by atoms with E-state index in [1.807, 2.05) is 0 Å². The van der Waals surface area contributed by atoms with E-state index in [0.717, 1.165) is 0 Å². The molecule has 0 heterocycles. The molecule has 4 aromatic rings. The van der Waals surface area contributed by atoms with Gasteiger partial charge in [-0.15, -0.1) is 0 Å². The van der Waals surface area contributed by atoms with Gasteiger partial charge in [0.05, 0.1) is 0 Å². The molecular formula is C31H25F2HfP. The van der Waals surface area contributed by atoms with Gasteiger partial charge in [-0.3, -0.25) is 0 Å². The van der Waals surface area contributed by atoms with Crippen molar-refractivity contribution in [1.29, 1.82) is 0 Å². The molecule has 35 heavy (non-hydrogen) atoms. The molecule has 4 heteroatoms. The molecule has 0 fully saturated rings. The van der Waals surface area contributed by atoms with Gasteiger partial charge in [-0.05, 0) is 0 Å². The Bertz CT molecular complexity index is 1330. The largest absolute Gasteiger partial charge is 1.00 e. The molecule has 2 unspecified atom stereocenters. The van der Waals surface area contributed by atoms with Gasteiger partial charge >= 0.3 is 210 Å². The van der Waals surface area contributed by atoms with Gasteiger partial charge in [0, 0.05) is 0 Å². The maximum absolute atomic E-state index is 2.55. The van der Waals surface area contributed by atoms with Crippen LogP contribution in [0.4, 0.5) is 0 Å². The van der Waals surface area contributed by atoms with Crippen LogP contribution in [0.1, 0.15) is 36.5 Å². The Morgan fingerprint density at radius 3 is 1.57 bits per heavy atom. The summed E-state index contributed by atoms with van der Waals surface area (Å²) in [6.07, 6.45) is 4.99. The molecule has 0 saturated heterocycles. The summed E-state index contributed by atoms with van der Waals surface area (Å²) in [5.74, 6) is 0. The van der Waals surface area contributed by atoms with Crippen LogP contribution in [0.3, 0.4) is 0 Å². The standard InChI is InChI=1S/C21H16P.C10H9.2FH.Hf/c1-3-11-19(12-4-1)22(20-13-5-2-6-14-20)21-15-17-9-7-8-10-18(17)16-21;1-8-6-9-4-2-3-5-10(9)7-8;;;/h1-16H;2-7H,1H3;2*1H;/q;;;;+2/p-2. The van der Waals surface area contributed by atoms with Crippen LogP contribution in [0.15, 0.2) is 120 Å². The predicted molar refractivity (Wildman–Crippen MR) is 139 cm³/mol. The number of hydrogen-bond acceptors (Lipinski definition) is 0. The fraction of sp³-hybridized carbons (Fsp3) is 0.0968. The summed E-state index contributed by atoms with van der Waals surface area (Å²) in [5, 5.41) is 4.60. The minimum Gasteiger partial charge on any atom is -1.00 e. The fourth-order valence-electron chi connectivity index (χ4n) is 5.14. The molecule has 2 atom stereocenters. The van der Waals surface area contributed by atoms with E-state index in [1.165, 1.54) is 21.7 Å². The third-order valence-corrected chi connectivity index (χ3v) is 17.5. The summed E-state index contributed by atoms with van der Waals surface area (Å²) in [6.45, 7) is 2.36. The molecule has 0 radical (unpaired) electrons. The number of rotatable bonds is 5. The van der Waals surface area contributed by atoms with E-state index in [-0.39, 0.29) is 9.41 Å². The molecule has 4 aromatic carbocycles. The molecule has 0 bridgehead atoms. The normalized spacial score (nSPS) is 17.3. The third kappa shape index (κ3) is 4.82. The monoisotopic (exact) mass is 646 g/mol. The molecule has 172 valence electrons. The Morgan fingerprint density at radius 1 is 0.543 bits per heavy atom. The second kappa shape index (κ2) is 11.1. The summed E-state index contributed by atoms with van der Waals surface area (Å²) in [5.41, 5.74) is 7.61. The second-order valence-electron chi connectivity index (χ2n) is 8.75. The van der Waals surface area contributed by atoms with E-state index in [0.29, 0.717) is 7.35 Å². The average Bonchev–Trinajstić information content (AvgIpc) is 3.38. The minimum absolute atomic E-state index is 0. The molecular weight excluding hydrogens is 620 g/mol. The van der Waals surface area contributed by atoms with Crippen LogP contribution in [-0.2, 0) is 22.9 Å². The molecule has 0 saturated carbocycles. The molecule has 0 spiro atoms. The van der Waals surface area contributed by atoms with Crippen LogP contribution in [0, 0.1) is 0 Å². The minimum atomic E-state index is -1.18. The van der Waals surface area contributed by atoms with Crippen molar-refractivity contribution in [2.45, 2.75) is 14.3 Å². The van der Waals surface area contributed by atoms with Gasteiger partial charge in [-0.25, -0.2) is 0 Å². The zero-order valence-corrected chi connectivity index (χ0v) is 23.9. The predicted octanol–water partition coefficient (Wildman–Crippen LogP) is 1.46. The van der Waals surface area contributed by atoms with Crippen LogP contribution in [0.5, 0.6) is 0 Å². The van der Waals surface area contributed by atoms with Gasteiger partial charge in [0.15, 0.2) is 0 Å². The van der Waals surface area contributed by atoms with E-state index in [4.69, 9.17) is 0 Å². The van der Waals surface area contributed by atoms with Gasteiger partial charge in [0.2, 0.25) is 0 Å². The molecule has 0 nitrogen and oxygen atoms in total. The zero-order valence-electron chi connectivity index (χ0n) is 19.4. The first-order valence-corrected chi connectivity index (χ1v) is 17.0. The smallest absolute Gasteiger partial charge is 1.00 e. The number of hydrogen-bond donors (Lipinski definition) is 0. The van der Waals surface area contributed by atoms with E-state index < -0.39 is 30.8 Å². The maximum Gasteiger partial charge on any atom is -1.00 e. The fourth-order valence-corrected chi connectivity index (χ4v) is 16.2. The molecule has 0 amide bonds. The van der Waals surface area contributed by atoms with Crippen molar-refractivity contribution in [2.75, 3.05) is 0 Å². The number of allylic oxidation sites excluding steroid dienone is 2. The van der Waals surface area contributed by atoms with Crippen LogP contribution >= 0.6 is 7.92 Å². The Balaban J connectivity index is 0.00000144. The van der Waals surface area contributed by atoms with Crippen molar-refractivity contribution in [3.8, 4) is 0 Å². The van der Waals surface area contributed by atoms with Crippen molar-refractivity contribution in [2.24, 2.45) is 0 Å². The Hall–Kier alpha value is -2.48. The van der Waals surface area contributed by atoms with Crippen LogP contribution < -0.4 is 20.0 Å². The van der Waals surface area contributed by atoms with Crippen LogP contribution in [-0.4, -0.2) is 0 Å². The van der Waals surface area contributed by atoms with E-state index >= 15 is 0 Å². The van der Waals surface area contributed by atoms with Crippen molar-refractivity contribution < 1.29 is 32.3 Å². The molecule has 2 aliphatic rings. The number of halogens is 2. The Kier molecular flexibility index (Phi) is 8.09. The first-order chi connectivity index (χ1) is 16.3. The summed E-state index contributed by atoms with van der Waals surface area (Å²) in [4.78, 5) is 0. The molecule has 0 aliphatic heterocycles. The van der Waals surface area contributed by atoms with Gasteiger partial charge in [-0.2, -0.15) is 0 Å². The number of fused-ring (bicyclic) bond motifs is 2. The average molecular weight is 645 g/mol. The van der Waals surface area contributed by atoms with E-state index in [2.05, 4.69) is 128 Å². The first kappa shape index (κ1) is 25.6. The van der Waals surface area contributed by atoms with Crippen molar-refractivity contribution in [3.05, 3.63) is 142 Å². The van der Waals surface area contributed by atoms with E-state index in [1.54, 1.807) is 22.0 Å². The molecule has 2 aliphatic carbocycles. The summed E-state index contributed by atoms with van der Waals surface area (Å²) >= 11 is -1.18. The van der Waals surface area contributed by atoms with Crippen molar-refractivity contribution >= 4 is 30.7 Å². The summed E-state index contributed by atoms with van der Waals surface area (Å²) in [6, 6.07) is 40.7. The third-order valence-electron chi connectivity index (χ3n) is 6.67. The quantitative estimate of drug-likeness (QED) is 0.228. The molecule has 0 aromatic heterocycles. The van der Waals surface area contributed by atoms with Gasteiger partial charge in [0.25, 0.3) is 0 Å². The van der Waals surface area contributed by atoms with E-state index in [9.17, 15) is 0 Å². The SMILES string of the molecule is CC1=Cc2ccccc2[CH]1[Hf+2][CH]1C(P(c2ccccc2)c2ccccc2)=Cc2ccccc21.[F-].[F-]. The van der Waals surface area contributed by atoms with Gasteiger partial charge < -0.3 is 9.41 Å². The second-order valence-corrected chi connectivity index (χ2v) is 16.3. The number of benzene rings is 4. The molecule has 0 N–H and O–H groups in total. The van der Waals surface area contributed by atoms with Gasteiger partial charge in [0.1, 0.15) is 0 Å². The molecule has 6 rings (SSSR count). The summed E-state index contributed by atoms with van der Waals surface area (Å²) in [7, 11) is -0.549. The van der Waals surface area contributed by atoms with Crippen molar-refractivity contribution in [3.63, 3.8) is 0 Å². The summed E-state index contributed by atoms with van der Waals surface area (Å²) < 4.78 is 1.29. The van der Waals surface area contributed by atoms with Crippen molar-refractivity contribution in [1.82, 2.24) is 0 Å². The zero-order chi connectivity index (χ0) is 22.2. The maximum atomic E-state index is 2.55. The van der Waals surface area contributed by atoms with Gasteiger partial charge in [-0.1, -0.05) is 0 Å². The Morgan fingerprint density at radius 2 is 1.00 bits per heavy atom. The topological polar surface area (TPSA) is 0 Å². The van der Waals surface area contributed by atoms with Crippen LogP contribution in [0.25, 0.3) is 12.2 Å². The van der Waals surface area contributed by atoms with Crippen LogP contribution in [0.2, 0.25) is 0 Å². The Labute approximate surface area is 218 Å².